The molecule has 1 N–H and O–H groups in total. The Morgan fingerprint density at radius 1 is 0.885 bits per heavy atom. The van der Waals surface area contributed by atoms with Crippen LogP contribution >= 0.6 is 23.2 Å². The van der Waals surface area contributed by atoms with E-state index in [0.717, 1.165) is 22.6 Å². The van der Waals surface area contributed by atoms with Gasteiger partial charge >= 0.3 is 0 Å². The molecule has 0 fully saturated rings. The molecule has 3 rings (SSSR count). The summed E-state index contributed by atoms with van der Waals surface area (Å²) in [6.07, 6.45) is 0. The summed E-state index contributed by atoms with van der Waals surface area (Å²) in [6.45, 7) is 5.22. The first-order valence-corrected chi connectivity index (χ1v) is 9.24. The van der Waals surface area contributed by atoms with Gasteiger partial charge in [-0.3, -0.25) is 0 Å². The molecule has 0 amide bonds. The topological polar surface area (TPSA) is 21.3 Å². The lowest BCUT2D eigenvalue weighted by molar-refractivity contribution is 0.303. The second kappa shape index (κ2) is 8.48. The maximum Gasteiger partial charge on any atom is 0.124 e. The molecule has 0 aliphatic carbocycles. The number of nitrogens with one attached hydrogen (secondary N) is 1. The molecule has 2 nitrogen and oxygen atoms in total. The van der Waals surface area contributed by atoms with E-state index in [9.17, 15) is 0 Å². The highest BCUT2D eigenvalue weighted by Gasteiger charge is 2.08. The zero-order valence-corrected chi connectivity index (χ0v) is 16.4. The van der Waals surface area contributed by atoms with Crippen LogP contribution in [0.25, 0.3) is 0 Å². The Bertz CT molecular complexity index is 908. The standard InChI is InChI=1S/C22H21Cl2NO/c1-15-7-8-16(2)21(11-15)25-13-18-12-19(23)9-10-22(18)26-14-17-5-3-4-6-20(17)24/h3-12,25H,13-14H2,1-2H3. The van der Waals surface area contributed by atoms with E-state index in [1.807, 2.05) is 42.5 Å². The van der Waals surface area contributed by atoms with Gasteiger partial charge in [0.25, 0.3) is 0 Å². The van der Waals surface area contributed by atoms with Crippen molar-refractivity contribution < 1.29 is 4.74 Å². The molecule has 0 atom stereocenters. The van der Waals surface area contributed by atoms with Gasteiger partial charge in [0, 0.05) is 33.4 Å². The van der Waals surface area contributed by atoms with Crippen LogP contribution in [0.1, 0.15) is 22.3 Å². The average molecular weight is 386 g/mol. The van der Waals surface area contributed by atoms with Crippen LogP contribution in [0.15, 0.2) is 60.7 Å². The third-order valence-corrected chi connectivity index (χ3v) is 4.83. The second-order valence-electron chi connectivity index (χ2n) is 6.30. The first-order valence-electron chi connectivity index (χ1n) is 8.48. The predicted molar refractivity (Wildman–Crippen MR) is 110 cm³/mol. The molecule has 3 aromatic rings. The lowest BCUT2D eigenvalue weighted by Gasteiger charge is -2.15. The molecule has 0 saturated carbocycles. The van der Waals surface area contributed by atoms with Crippen molar-refractivity contribution in [3.8, 4) is 5.75 Å². The van der Waals surface area contributed by atoms with Crippen molar-refractivity contribution in [3.63, 3.8) is 0 Å². The maximum absolute atomic E-state index is 6.22. The summed E-state index contributed by atoms with van der Waals surface area (Å²) in [7, 11) is 0. The van der Waals surface area contributed by atoms with Crippen molar-refractivity contribution in [2.24, 2.45) is 0 Å². The van der Waals surface area contributed by atoms with Crippen LogP contribution < -0.4 is 10.1 Å². The van der Waals surface area contributed by atoms with Crippen LogP contribution in [0.5, 0.6) is 5.75 Å². The fourth-order valence-corrected chi connectivity index (χ4v) is 3.10. The van der Waals surface area contributed by atoms with E-state index in [4.69, 9.17) is 27.9 Å². The molecule has 26 heavy (non-hydrogen) atoms. The van der Waals surface area contributed by atoms with Crippen LogP contribution in [0, 0.1) is 13.8 Å². The van der Waals surface area contributed by atoms with E-state index < -0.39 is 0 Å². The smallest absolute Gasteiger partial charge is 0.124 e. The molecular weight excluding hydrogens is 365 g/mol. The highest BCUT2D eigenvalue weighted by atomic mass is 35.5. The van der Waals surface area contributed by atoms with Gasteiger partial charge in [-0.05, 0) is 55.3 Å². The quantitative estimate of drug-likeness (QED) is 0.503. The molecule has 0 spiro atoms. The van der Waals surface area contributed by atoms with Crippen molar-refractivity contribution in [2.45, 2.75) is 27.0 Å². The number of aryl methyl sites for hydroxylation is 2. The van der Waals surface area contributed by atoms with Crippen molar-refractivity contribution in [2.75, 3.05) is 5.32 Å². The Morgan fingerprint density at radius 2 is 1.69 bits per heavy atom. The van der Waals surface area contributed by atoms with E-state index in [-0.39, 0.29) is 0 Å². The van der Waals surface area contributed by atoms with E-state index in [1.54, 1.807) is 0 Å². The van der Waals surface area contributed by atoms with Crippen LogP contribution in [0.2, 0.25) is 10.0 Å². The maximum atomic E-state index is 6.22. The minimum atomic E-state index is 0.414. The molecule has 0 heterocycles. The monoisotopic (exact) mass is 385 g/mol. The lowest BCUT2D eigenvalue weighted by Crippen LogP contribution is -2.05. The number of anilines is 1. The summed E-state index contributed by atoms with van der Waals surface area (Å²) >= 11 is 12.4. The first-order chi connectivity index (χ1) is 12.5. The Labute approximate surface area is 164 Å². The van der Waals surface area contributed by atoms with Gasteiger partial charge in [-0.2, -0.15) is 0 Å². The third kappa shape index (κ3) is 4.72. The molecule has 0 aliphatic rings. The van der Waals surface area contributed by atoms with Gasteiger partial charge in [-0.15, -0.1) is 0 Å². The fourth-order valence-electron chi connectivity index (χ4n) is 2.71. The minimum Gasteiger partial charge on any atom is -0.488 e. The van der Waals surface area contributed by atoms with Crippen LogP contribution in [-0.2, 0) is 13.2 Å². The van der Waals surface area contributed by atoms with Crippen molar-refractivity contribution >= 4 is 28.9 Å². The van der Waals surface area contributed by atoms with E-state index in [1.165, 1.54) is 11.1 Å². The fraction of sp³-hybridized carbons (Fsp3) is 0.182. The zero-order chi connectivity index (χ0) is 18.5. The van der Waals surface area contributed by atoms with Crippen LogP contribution in [0.3, 0.4) is 0 Å². The molecule has 0 radical (unpaired) electrons. The number of ether oxygens (including phenoxy) is 1. The summed E-state index contributed by atoms with van der Waals surface area (Å²) in [4.78, 5) is 0. The molecule has 134 valence electrons. The number of rotatable bonds is 6. The Hall–Kier alpha value is -2.16. The molecule has 4 heteroatoms. The van der Waals surface area contributed by atoms with Gasteiger partial charge in [-0.1, -0.05) is 53.5 Å². The van der Waals surface area contributed by atoms with E-state index >= 15 is 0 Å². The molecular formula is C22H21Cl2NO. The summed E-state index contributed by atoms with van der Waals surface area (Å²) in [5, 5.41) is 4.88. The van der Waals surface area contributed by atoms with Gasteiger partial charge in [-0.25, -0.2) is 0 Å². The van der Waals surface area contributed by atoms with Gasteiger partial charge in [0.1, 0.15) is 12.4 Å². The summed E-state index contributed by atoms with van der Waals surface area (Å²) in [5.41, 5.74) is 5.50. The Balaban J connectivity index is 1.75. The molecule has 0 aromatic heterocycles. The largest absolute Gasteiger partial charge is 0.488 e. The normalized spacial score (nSPS) is 10.6. The average Bonchev–Trinajstić information content (AvgIpc) is 2.63. The predicted octanol–water partition coefficient (Wildman–Crippen LogP) is 6.80. The van der Waals surface area contributed by atoms with Gasteiger partial charge < -0.3 is 10.1 Å². The number of hydrogen-bond donors (Lipinski definition) is 1. The molecule has 3 aromatic carbocycles. The number of benzene rings is 3. The summed E-state index contributed by atoms with van der Waals surface area (Å²) < 4.78 is 6.02. The number of hydrogen-bond acceptors (Lipinski definition) is 2. The second-order valence-corrected chi connectivity index (χ2v) is 7.15. The minimum absolute atomic E-state index is 0.414. The van der Waals surface area contributed by atoms with Gasteiger partial charge in [0.15, 0.2) is 0 Å². The molecule has 0 aliphatic heterocycles. The van der Waals surface area contributed by atoms with E-state index in [2.05, 4.69) is 37.4 Å². The summed E-state index contributed by atoms with van der Waals surface area (Å²) in [5.74, 6) is 0.798. The summed E-state index contributed by atoms with van der Waals surface area (Å²) in [6, 6.07) is 19.7. The zero-order valence-electron chi connectivity index (χ0n) is 14.9. The van der Waals surface area contributed by atoms with Crippen LogP contribution in [-0.4, -0.2) is 0 Å². The highest BCUT2D eigenvalue weighted by molar-refractivity contribution is 6.31. The Kier molecular flexibility index (Phi) is 6.08. The van der Waals surface area contributed by atoms with Gasteiger partial charge in [0.2, 0.25) is 0 Å². The molecule has 0 saturated heterocycles. The van der Waals surface area contributed by atoms with Crippen molar-refractivity contribution in [1.29, 1.82) is 0 Å². The molecule has 0 unspecified atom stereocenters. The Morgan fingerprint density at radius 3 is 2.50 bits per heavy atom. The SMILES string of the molecule is Cc1ccc(C)c(NCc2cc(Cl)ccc2OCc2ccccc2Cl)c1. The van der Waals surface area contributed by atoms with Crippen LogP contribution in [0.4, 0.5) is 5.69 Å². The van der Waals surface area contributed by atoms with Crippen molar-refractivity contribution in [1.82, 2.24) is 0 Å². The first kappa shape index (κ1) is 18.6. The molecule has 0 bridgehead atoms. The third-order valence-electron chi connectivity index (χ3n) is 4.23. The van der Waals surface area contributed by atoms with Gasteiger partial charge in [0.05, 0.1) is 0 Å². The highest BCUT2D eigenvalue weighted by Crippen LogP contribution is 2.27. The number of halogens is 2. The van der Waals surface area contributed by atoms with E-state index in [0.29, 0.717) is 23.2 Å². The van der Waals surface area contributed by atoms with Crippen molar-refractivity contribution in [3.05, 3.63) is 93.0 Å². The lowest BCUT2D eigenvalue weighted by atomic mass is 10.1.